The fourth-order valence-corrected chi connectivity index (χ4v) is 10.8. The molecule has 0 spiro atoms. The number of carbonyl (C=O) groups is 3. The van der Waals surface area contributed by atoms with Crippen LogP contribution in [-0.4, -0.2) is 37.2 Å². The topological polar surface area (TPSA) is 78.9 Å². The van der Waals surface area contributed by atoms with Gasteiger partial charge in [-0.25, -0.2) is 0 Å². The molecule has 0 rings (SSSR count). The summed E-state index contributed by atoms with van der Waals surface area (Å²) < 4.78 is 17.0. The monoisotopic (exact) mass is 1070 g/mol. The van der Waals surface area contributed by atoms with E-state index < -0.39 is 6.10 Å². The van der Waals surface area contributed by atoms with Crippen molar-refractivity contribution in [3.8, 4) is 0 Å². The van der Waals surface area contributed by atoms with Gasteiger partial charge in [0.1, 0.15) is 13.2 Å². The molecule has 0 saturated heterocycles. The highest BCUT2D eigenvalue weighted by Crippen LogP contribution is 2.19. The Bertz CT molecular complexity index is 1180. The summed E-state index contributed by atoms with van der Waals surface area (Å²) in [6, 6.07) is 0. The van der Waals surface area contributed by atoms with Gasteiger partial charge in [0.25, 0.3) is 0 Å². The standard InChI is InChI=1S/C70H134O6/c1-4-7-10-13-16-19-22-25-27-29-31-33-35-37-39-41-43-45-48-51-54-57-60-63-69(72)75-66-67(65-74-68(71)62-59-56-53-50-47-24-21-18-15-12-9-6-3)76-70(73)64-61-58-55-52-49-46-44-42-40-38-36-34-32-30-28-26-23-20-17-14-11-8-5-2/h29,31,67H,4-28,30,32-66H2,1-3H3/b31-29-. The minimum Gasteiger partial charge on any atom is -0.462 e. The Morgan fingerprint density at radius 3 is 0.658 bits per heavy atom. The summed E-state index contributed by atoms with van der Waals surface area (Å²) in [6.07, 6.45) is 78.1. The number of allylic oxidation sites excluding steroid dienone is 2. The molecule has 1 unspecified atom stereocenters. The van der Waals surface area contributed by atoms with Crippen LogP contribution in [0.3, 0.4) is 0 Å². The predicted octanol–water partition coefficient (Wildman–Crippen LogP) is 23.6. The van der Waals surface area contributed by atoms with Gasteiger partial charge in [0.05, 0.1) is 0 Å². The molecule has 0 amide bonds. The molecular weight excluding hydrogens is 937 g/mol. The SMILES string of the molecule is CCCCCCCCCC/C=C\CCCCCCCCCCCCCC(=O)OCC(COC(=O)CCCCCCCCCCCCCC)OC(=O)CCCCCCCCCCCCCCCCCCCCCCCCC. The molecule has 450 valence electrons. The second-order valence-corrected chi connectivity index (χ2v) is 23.8. The highest BCUT2D eigenvalue weighted by atomic mass is 16.6. The first kappa shape index (κ1) is 74.2. The van der Waals surface area contributed by atoms with Crippen LogP contribution >= 0.6 is 0 Å². The fraction of sp³-hybridized carbons (Fsp3) is 0.929. The number of hydrogen-bond donors (Lipinski definition) is 0. The summed E-state index contributed by atoms with van der Waals surface area (Å²) in [4.78, 5) is 38.4. The highest BCUT2D eigenvalue weighted by Gasteiger charge is 2.19. The lowest BCUT2D eigenvalue weighted by molar-refractivity contribution is -0.167. The first-order chi connectivity index (χ1) is 37.5. The van der Waals surface area contributed by atoms with E-state index in [0.717, 1.165) is 57.8 Å². The maximum Gasteiger partial charge on any atom is 0.306 e. The smallest absolute Gasteiger partial charge is 0.306 e. The van der Waals surface area contributed by atoms with Crippen LogP contribution in [0.5, 0.6) is 0 Å². The zero-order valence-electron chi connectivity index (χ0n) is 51.8. The minimum absolute atomic E-state index is 0.0632. The van der Waals surface area contributed by atoms with Crippen LogP contribution in [-0.2, 0) is 28.6 Å². The van der Waals surface area contributed by atoms with E-state index in [1.165, 1.54) is 302 Å². The van der Waals surface area contributed by atoms with Gasteiger partial charge in [-0.2, -0.15) is 0 Å². The first-order valence-corrected chi connectivity index (χ1v) is 34.7. The molecule has 0 saturated carbocycles. The number of ether oxygens (including phenoxy) is 3. The van der Waals surface area contributed by atoms with Crippen molar-refractivity contribution < 1.29 is 28.6 Å². The Morgan fingerprint density at radius 2 is 0.434 bits per heavy atom. The van der Waals surface area contributed by atoms with E-state index in [0.29, 0.717) is 19.3 Å². The Balaban J connectivity index is 4.20. The summed E-state index contributed by atoms with van der Waals surface area (Å²) in [5, 5.41) is 0. The van der Waals surface area contributed by atoms with E-state index in [4.69, 9.17) is 14.2 Å². The van der Waals surface area contributed by atoms with Gasteiger partial charge >= 0.3 is 17.9 Å². The second kappa shape index (κ2) is 65.7. The molecule has 0 heterocycles. The molecule has 6 nitrogen and oxygen atoms in total. The number of hydrogen-bond acceptors (Lipinski definition) is 6. The number of esters is 3. The summed E-state index contributed by atoms with van der Waals surface area (Å²) in [5.41, 5.74) is 0. The number of carbonyl (C=O) groups excluding carboxylic acids is 3. The Morgan fingerprint density at radius 1 is 0.250 bits per heavy atom. The molecule has 0 aromatic rings. The molecule has 0 fully saturated rings. The predicted molar refractivity (Wildman–Crippen MR) is 330 cm³/mol. The maximum atomic E-state index is 12.9. The highest BCUT2D eigenvalue weighted by molar-refractivity contribution is 5.71. The average Bonchev–Trinajstić information content (AvgIpc) is 3.42. The van der Waals surface area contributed by atoms with E-state index in [1.54, 1.807) is 0 Å². The van der Waals surface area contributed by atoms with E-state index in [1.807, 2.05) is 0 Å². The molecule has 0 aromatic heterocycles. The Kier molecular flexibility index (Phi) is 64.1. The minimum atomic E-state index is -0.766. The summed E-state index contributed by atoms with van der Waals surface area (Å²) in [6.45, 7) is 6.72. The molecular formula is C70H134O6. The van der Waals surface area contributed by atoms with Crippen molar-refractivity contribution in [2.75, 3.05) is 13.2 Å². The van der Waals surface area contributed by atoms with Crippen molar-refractivity contribution in [3.05, 3.63) is 12.2 Å². The third-order valence-electron chi connectivity index (χ3n) is 16.0. The number of unbranched alkanes of at least 4 members (excludes halogenated alkanes) is 52. The summed E-state index contributed by atoms with van der Waals surface area (Å²) >= 11 is 0. The van der Waals surface area contributed by atoms with Crippen molar-refractivity contribution in [1.82, 2.24) is 0 Å². The van der Waals surface area contributed by atoms with Gasteiger partial charge in [0.2, 0.25) is 0 Å². The molecule has 0 bridgehead atoms. The van der Waals surface area contributed by atoms with Crippen molar-refractivity contribution in [1.29, 1.82) is 0 Å². The molecule has 0 aliphatic rings. The zero-order chi connectivity index (χ0) is 55.0. The quantitative estimate of drug-likeness (QED) is 0.0261. The molecule has 0 aromatic carbocycles. The maximum absolute atomic E-state index is 12.9. The van der Waals surface area contributed by atoms with E-state index in [9.17, 15) is 14.4 Å². The van der Waals surface area contributed by atoms with Gasteiger partial charge in [0, 0.05) is 19.3 Å². The summed E-state index contributed by atoms with van der Waals surface area (Å²) in [7, 11) is 0. The summed E-state index contributed by atoms with van der Waals surface area (Å²) in [5.74, 6) is -0.830. The lowest BCUT2D eigenvalue weighted by atomic mass is 10.0. The van der Waals surface area contributed by atoms with Crippen LogP contribution in [0.15, 0.2) is 12.2 Å². The molecule has 0 radical (unpaired) electrons. The van der Waals surface area contributed by atoms with E-state index >= 15 is 0 Å². The first-order valence-electron chi connectivity index (χ1n) is 34.7. The third-order valence-corrected chi connectivity index (χ3v) is 16.0. The van der Waals surface area contributed by atoms with Crippen molar-refractivity contribution >= 4 is 17.9 Å². The molecule has 0 aliphatic heterocycles. The van der Waals surface area contributed by atoms with Crippen molar-refractivity contribution in [2.24, 2.45) is 0 Å². The van der Waals surface area contributed by atoms with Crippen LogP contribution in [0.1, 0.15) is 400 Å². The van der Waals surface area contributed by atoms with Gasteiger partial charge in [-0.05, 0) is 44.9 Å². The molecule has 0 aliphatic carbocycles. The Labute approximate surface area is 475 Å². The van der Waals surface area contributed by atoms with Crippen LogP contribution < -0.4 is 0 Å². The van der Waals surface area contributed by atoms with Gasteiger partial charge in [0.15, 0.2) is 6.10 Å². The second-order valence-electron chi connectivity index (χ2n) is 23.8. The fourth-order valence-electron chi connectivity index (χ4n) is 10.8. The largest absolute Gasteiger partial charge is 0.462 e. The van der Waals surface area contributed by atoms with Crippen LogP contribution in [0.2, 0.25) is 0 Å². The molecule has 1 atom stereocenters. The van der Waals surface area contributed by atoms with Crippen molar-refractivity contribution in [3.63, 3.8) is 0 Å². The van der Waals surface area contributed by atoms with Gasteiger partial charge in [-0.15, -0.1) is 0 Å². The van der Waals surface area contributed by atoms with Crippen LogP contribution in [0.25, 0.3) is 0 Å². The molecule has 0 N–H and O–H groups in total. The lowest BCUT2D eigenvalue weighted by Gasteiger charge is -2.18. The number of rotatable bonds is 65. The lowest BCUT2D eigenvalue weighted by Crippen LogP contribution is -2.30. The molecule has 6 heteroatoms. The van der Waals surface area contributed by atoms with Gasteiger partial charge in [-0.1, -0.05) is 348 Å². The average molecular weight is 1070 g/mol. The van der Waals surface area contributed by atoms with E-state index in [-0.39, 0.29) is 31.1 Å². The van der Waals surface area contributed by atoms with Crippen LogP contribution in [0, 0.1) is 0 Å². The van der Waals surface area contributed by atoms with Crippen molar-refractivity contribution in [2.45, 2.75) is 406 Å². The van der Waals surface area contributed by atoms with Gasteiger partial charge < -0.3 is 14.2 Å². The van der Waals surface area contributed by atoms with Gasteiger partial charge in [-0.3, -0.25) is 14.4 Å². The normalized spacial score (nSPS) is 12.0. The Hall–Kier alpha value is -1.85. The third kappa shape index (κ3) is 63.0. The molecule has 76 heavy (non-hydrogen) atoms. The van der Waals surface area contributed by atoms with Crippen LogP contribution in [0.4, 0.5) is 0 Å². The van der Waals surface area contributed by atoms with E-state index in [2.05, 4.69) is 32.9 Å². The zero-order valence-corrected chi connectivity index (χ0v) is 51.8.